The summed E-state index contributed by atoms with van der Waals surface area (Å²) in [5.41, 5.74) is 2.46. The third-order valence-electron chi connectivity index (χ3n) is 3.66. The van der Waals surface area contributed by atoms with E-state index in [9.17, 15) is 0 Å². The van der Waals surface area contributed by atoms with Gasteiger partial charge in [-0.2, -0.15) is 5.10 Å². The number of rotatable bonds is 4. The van der Waals surface area contributed by atoms with Crippen molar-refractivity contribution < 1.29 is 0 Å². The fourth-order valence-electron chi connectivity index (χ4n) is 2.58. The molecular weight excluding hydrogens is 222 g/mol. The zero-order valence-electron chi connectivity index (χ0n) is 10.5. The Balaban J connectivity index is 1.60. The van der Waals surface area contributed by atoms with Gasteiger partial charge in [-0.3, -0.25) is 0 Å². The van der Waals surface area contributed by atoms with E-state index in [-0.39, 0.29) is 0 Å². The zero-order valence-corrected chi connectivity index (χ0v) is 10.5. The normalized spacial score (nSPS) is 16.2. The summed E-state index contributed by atoms with van der Waals surface area (Å²) >= 11 is 0. The fraction of sp³-hybridized carbons (Fsp3) is 0.400. The number of aromatic nitrogens is 2. The van der Waals surface area contributed by atoms with Crippen LogP contribution in [0.25, 0.3) is 5.69 Å². The Hall–Kier alpha value is -1.61. The number of nitrogens with one attached hydrogen (secondary N) is 1. The predicted octanol–water partition coefficient (Wildman–Crippen LogP) is 2.90. The van der Waals surface area contributed by atoms with Crippen LogP contribution in [-0.2, 0) is 6.54 Å². The highest BCUT2D eigenvalue weighted by Gasteiger charge is 2.13. The molecule has 1 aromatic heterocycles. The van der Waals surface area contributed by atoms with Crippen LogP contribution in [0.15, 0.2) is 42.7 Å². The Morgan fingerprint density at radius 1 is 1.17 bits per heavy atom. The van der Waals surface area contributed by atoms with E-state index in [1.807, 2.05) is 16.9 Å². The summed E-state index contributed by atoms with van der Waals surface area (Å²) in [6.07, 6.45) is 9.21. The second kappa shape index (κ2) is 5.36. The quantitative estimate of drug-likeness (QED) is 0.892. The first-order chi connectivity index (χ1) is 8.92. The summed E-state index contributed by atoms with van der Waals surface area (Å²) in [5.74, 6) is 0. The molecule has 0 saturated heterocycles. The summed E-state index contributed by atoms with van der Waals surface area (Å²) < 4.78 is 1.88. The Labute approximate surface area is 108 Å². The van der Waals surface area contributed by atoms with Crippen molar-refractivity contribution in [3.8, 4) is 5.69 Å². The van der Waals surface area contributed by atoms with Gasteiger partial charge in [-0.05, 0) is 36.6 Å². The molecule has 0 bridgehead atoms. The number of hydrogen-bond acceptors (Lipinski definition) is 2. The molecular formula is C15H19N3. The molecule has 18 heavy (non-hydrogen) atoms. The van der Waals surface area contributed by atoms with Crippen LogP contribution in [0.2, 0.25) is 0 Å². The standard InChI is InChI=1S/C15H19N3/c1-2-5-14(4-1)16-12-13-6-8-15(9-7-13)18-11-3-10-17-18/h3,6-11,14,16H,1-2,4-5,12H2. The smallest absolute Gasteiger partial charge is 0.0645 e. The first-order valence-electron chi connectivity index (χ1n) is 6.74. The van der Waals surface area contributed by atoms with E-state index < -0.39 is 0 Å². The first kappa shape index (κ1) is 11.5. The maximum atomic E-state index is 4.23. The third kappa shape index (κ3) is 2.62. The van der Waals surface area contributed by atoms with Crippen molar-refractivity contribution in [1.29, 1.82) is 0 Å². The largest absolute Gasteiger partial charge is 0.310 e. The molecule has 94 valence electrons. The van der Waals surface area contributed by atoms with Crippen LogP contribution in [0, 0.1) is 0 Å². The van der Waals surface area contributed by atoms with Gasteiger partial charge >= 0.3 is 0 Å². The Bertz CT molecular complexity index is 467. The van der Waals surface area contributed by atoms with Gasteiger partial charge in [-0.25, -0.2) is 4.68 Å². The van der Waals surface area contributed by atoms with Crippen molar-refractivity contribution in [2.24, 2.45) is 0 Å². The van der Waals surface area contributed by atoms with Gasteiger partial charge < -0.3 is 5.32 Å². The van der Waals surface area contributed by atoms with E-state index in [0.29, 0.717) is 0 Å². The maximum Gasteiger partial charge on any atom is 0.0645 e. The minimum Gasteiger partial charge on any atom is -0.310 e. The Morgan fingerprint density at radius 3 is 2.61 bits per heavy atom. The highest BCUT2D eigenvalue weighted by molar-refractivity contribution is 5.33. The van der Waals surface area contributed by atoms with Crippen molar-refractivity contribution in [1.82, 2.24) is 15.1 Å². The molecule has 0 spiro atoms. The van der Waals surface area contributed by atoms with Crippen molar-refractivity contribution in [2.45, 2.75) is 38.3 Å². The summed E-state index contributed by atoms with van der Waals surface area (Å²) in [5, 5.41) is 7.86. The molecule has 1 fully saturated rings. The van der Waals surface area contributed by atoms with Crippen molar-refractivity contribution in [2.75, 3.05) is 0 Å². The fourth-order valence-corrected chi connectivity index (χ4v) is 2.58. The second-order valence-electron chi connectivity index (χ2n) is 4.98. The molecule has 1 heterocycles. The average molecular weight is 241 g/mol. The monoisotopic (exact) mass is 241 g/mol. The van der Waals surface area contributed by atoms with Gasteiger partial charge in [-0.15, -0.1) is 0 Å². The number of nitrogens with zero attached hydrogens (tertiary/aromatic N) is 2. The highest BCUT2D eigenvalue weighted by atomic mass is 15.3. The number of benzene rings is 1. The van der Waals surface area contributed by atoms with Gasteiger partial charge in [-0.1, -0.05) is 25.0 Å². The predicted molar refractivity (Wildman–Crippen MR) is 72.7 cm³/mol. The molecule has 1 aliphatic carbocycles. The van der Waals surface area contributed by atoms with E-state index in [1.165, 1.54) is 31.2 Å². The highest BCUT2D eigenvalue weighted by Crippen LogP contribution is 2.18. The van der Waals surface area contributed by atoms with E-state index in [4.69, 9.17) is 0 Å². The average Bonchev–Trinajstić information content (AvgIpc) is 3.10. The molecule has 0 radical (unpaired) electrons. The van der Waals surface area contributed by atoms with E-state index in [0.717, 1.165) is 18.3 Å². The zero-order chi connectivity index (χ0) is 12.2. The Morgan fingerprint density at radius 2 is 1.94 bits per heavy atom. The minimum absolute atomic E-state index is 0.732. The molecule has 2 aromatic rings. The molecule has 3 heteroatoms. The molecule has 1 aromatic carbocycles. The summed E-state index contributed by atoms with van der Waals surface area (Å²) in [6, 6.07) is 11.3. The van der Waals surface area contributed by atoms with Gasteiger partial charge in [0.15, 0.2) is 0 Å². The summed E-state index contributed by atoms with van der Waals surface area (Å²) in [4.78, 5) is 0. The summed E-state index contributed by atoms with van der Waals surface area (Å²) in [7, 11) is 0. The first-order valence-corrected chi connectivity index (χ1v) is 6.74. The lowest BCUT2D eigenvalue weighted by Gasteiger charge is -2.12. The molecule has 1 aliphatic rings. The second-order valence-corrected chi connectivity index (χ2v) is 4.98. The van der Waals surface area contributed by atoms with Gasteiger partial charge in [0, 0.05) is 25.0 Å². The van der Waals surface area contributed by atoms with Gasteiger partial charge in [0.2, 0.25) is 0 Å². The molecule has 0 atom stereocenters. The van der Waals surface area contributed by atoms with Gasteiger partial charge in [0.1, 0.15) is 0 Å². The minimum atomic E-state index is 0.732. The molecule has 0 amide bonds. The van der Waals surface area contributed by atoms with Crippen LogP contribution in [0.1, 0.15) is 31.2 Å². The van der Waals surface area contributed by atoms with Gasteiger partial charge in [0.05, 0.1) is 5.69 Å². The van der Waals surface area contributed by atoms with Crippen molar-refractivity contribution in [3.05, 3.63) is 48.3 Å². The van der Waals surface area contributed by atoms with E-state index >= 15 is 0 Å². The Kier molecular flexibility index (Phi) is 3.42. The van der Waals surface area contributed by atoms with Crippen molar-refractivity contribution >= 4 is 0 Å². The molecule has 1 N–H and O–H groups in total. The van der Waals surface area contributed by atoms with Crippen LogP contribution in [0.3, 0.4) is 0 Å². The van der Waals surface area contributed by atoms with E-state index in [2.05, 4.69) is 34.7 Å². The molecule has 3 nitrogen and oxygen atoms in total. The lowest BCUT2D eigenvalue weighted by Crippen LogP contribution is -2.25. The van der Waals surface area contributed by atoms with Gasteiger partial charge in [0.25, 0.3) is 0 Å². The topological polar surface area (TPSA) is 29.9 Å². The molecule has 0 unspecified atom stereocenters. The lowest BCUT2D eigenvalue weighted by atomic mass is 10.2. The lowest BCUT2D eigenvalue weighted by molar-refractivity contribution is 0.524. The molecule has 1 saturated carbocycles. The third-order valence-corrected chi connectivity index (χ3v) is 3.66. The molecule has 0 aliphatic heterocycles. The van der Waals surface area contributed by atoms with E-state index in [1.54, 1.807) is 6.20 Å². The molecule has 3 rings (SSSR count). The van der Waals surface area contributed by atoms with Crippen LogP contribution in [-0.4, -0.2) is 15.8 Å². The van der Waals surface area contributed by atoms with Crippen LogP contribution in [0.5, 0.6) is 0 Å². The number of hydrogen-bond donors (Lipinski definition) is 1. The van der Waals surface area contributed by atoms with Crippen LogP contribution in [0.4, 0.5) is 0 Å². The van der Waals surface area contributed by atoms with Crippen molar-refractivity contribution in [3.63, 3.8) is 0 Å². The maximum absolute atomic E-state index is 4.23. The van der Waals surface area contributed by atoms with Crippen LogP contribution >= 0.6 is 0 Å². The van der Waals surface area contributed by atoms with Crippen LogP contribution < -0.4 is 5.32 Å². The summed E-state index contributed by atoms with van der Waals surface area (Å²) in [6.45, 7) is 0.976. The SMILES string of the molecule is c1cnn(-c2ccc(CNC3CCCC3)cc2)c1.